The predicted octanol–water partition coefficient (Wildman–Crippen LogP) is 0.155. The van der Waals surface area contributed by atoms with Gasteiger partial charge in [0.25, 0.3) is 0 Å². The number of fused-ring (bicyclic) bond motifs is 2. The fraction of sp³-hybridized carbons (Fsp3) is 0.750. The van der Waals surface area contributed by atoms with E-state index >= 15 is 0 Å². The topological polar surface area (TPSA) is 34.0 Å². The molecule has 2 aliphatic heterocycles. The highest BCUT2D eigenvalue weighted by Crippen LogP contribution is 2.35. The molecule has 4 heteroatoms. The summed E-state index contributed by atoms with van der Waals surface area (Å²) in [6, 6.07) is 0.598. The Bertz CT molecular complexity index is 269. The Morgan fingerprint density at radius 2 is 2.33 bits per heavy atom. The van der Waals surface area contributed by atoms with Gasteiger partial charge in [-0.1, -0.05) is 0 Å². The van der Waals surface area contributed by atoms with Crippen molar-refractivity contribution >= 4 is 0 Å². The van der Waals surface area contributed by atoms with Crippen molar-refractivity contribution < 1.29 is 0 Å². The monoisotopic (exact) mass is 164 g/mol. The molecule has 1 aromatic heterocycles. The van der Waals surface area contributed by atoms with E-state index in [4.69, 9.17) is 0 Å². The lowest BCUT2D eigenvalue weighted by atomic mass is 10.0. The summed E-state index contributed by atoms with van der Waals surface area (Å²) in [5.74, 6) is 0.826. The number of nitrogens with zero attached hydrogens (tertiary/aromatic N) is 4. The minimum atomic E-state index is 0.598. The second-order valence-electron chi connectivity index (χ2n) is 3.75. The van der Waals surface area contributed by atoms with Crippen LogP contribution in [-0.4, -0.2) is 39.3 Å². The van der Waals surface area contributed by atoms with Gasteiger partial charge < -0.3 is 4.90 Å². The van der Waals surface area contributed by atoms with Gasteiger partial charge in [0, 0.05) is 13.1 Å². The number of rotatable bonds is 1. The summed E-state index contributed by atoms with van der Waals surface area (Å²) < 4.78 is 2.02. The van der Waals surface area contributed by atoms with Crippen LogP contribution in [0.25, 0.3) is 0 Å². The summed E-state index contributed by atoms with van der Waals surface area (Å²) in [6.07, 6.45) is 4.80. The molecule has 12 heavy (non-hydrogen) atoms. The molecule has 1 unspecified atom stereocenters. The fourth-order valence-corrected chi connectivity index (χ4v) is 2.44. The predicted molar refractivity (Wildman–Crippen MR) is 43.6 cm³/mol. The van der Waals surface area contributed by atoms with Crippen molar-refractivity contribution in [2.24, 2.45) is 5.92 Å². The van der Waals surface area contributed by atoms with Gasteiger partial charge >= 0.3 is 0 Å². The first-order valence-corrected chi connectivity index (χ1v) is 4.50. The molecule has 2 bridgehead atoms. The lowest BCUT2D eigenvalue weighted by molar-refractivity contribution is 0.285. The van der Waals surface area contributed by atoms with E-state index in [0.29, 0.717) is 6.04 Å². The third kappa shape index (κ3) is 0.813. The quantitative estimate of drug-likeness (QED) is 0.592. The summed E-state index contributed by atoms with van der Waals surface area (Å²) in [5.41, 5.74) is 0. The summed E-state index contributed by atoms with van der Waals surface area (Å²) in [5, 5.41) is 4.20. The van der Waals surface area contributed by atoms with Crippen molar-refractivity contribution in [1.29, 1.82) is 0 Å². The maximum atomic E-state index is 4.20. The second kappa shape index (κ2) is 2.29. The van der Waals surface area contributed by atoms with E-state index in [1.54, 1.807) is 6.33 Å². The first-order chi connectivity index (χ1) is 5.93. The van der Waals surface area contributed by atoms with Crippen molar-refractivity contribution in [2.75, 3.05) is 19.6 Å². The molecule has 3 atom stereocenters. The number of aromatic nitrogens is 3. The Balaban J connectivity index is 1.87. The van der Waals surface area contributed by atoms with Gasteiger partial charge in [-0.3, -0.25) is 0 Å². The van der Waals surface area contributed by atoms with Gasteiger partial charge in [-0.05, 0) is 18.9 Å². The maximum Gasteiger partial charge on any atom is 0.137 e. The van der Waals surface area contributed by atoms with Crippen molar-refractivity contribution in [2.45, 2.75) is 12.5 Å². The van der Waals surface area contributed by atoms with Gasteiger partial charge in [0.2, 0.25) is 0 Å². The van der Waals surface area contributed by atoms with Crippen molar-refractivity contribution in [1.82, 2.24) is 19.7 Å². The lowest BCUT2D eigenvalue weighted by Crippen LogP contribution is -2.26. The summed E-state index contributed by atoms with van der Waals surface area (Å²) >= 11 is 0. The van der Waals surface area contributed by atoms with Gasteiger partial charge in [0.05, 0.1) is 6.04 Å². The SMILES string of the molecule is c1ncn([C@H]2CN3CC[C@H]2C3)n1. The molecule has 0 amide bonds. The average Bonchev–Trinajstić information content (AvgIpc) is 2.81. The van der Waals surface area contributed by atoms with Crippen molar-refractivity contribution in [3.05, 3.63) is 12.7 Å². The normalized spacial score (nSPS) is 39.2. The zero-order chi connectivity index (χ0) is 7.97. The highest BCUT2D eigenvalue weighted by Gasteiger charge is 2.39. The van der Waals surface area contributed by atoms with E-state index in [1.807, 2.05) is 11.0 Å². The van der Waals surface area contributed by atoms with E-state index in [1.165, 1.54) is 26.1 Å². The van der Waals surface area contributed by atoms with Crippen LogP contribution >= 0.6 is 0 Å². The first-order valence-electron chi connectivity index (χ1n) is 4.50. The Kier molecular flexibility index (Phi) is 1.26. The Labute approximate surface area is 71.2 Å². The Morgan fingerprint density at radius 3 is 2.92 bits per heavy atom. The van der Waals surface area contributed by atoms with Crippen LogP contribution in [0.4, 0.5) is 0 Å². The van der Waals surface area contributed by atoms with E-state index in [2.05, 4.69) is 15.0 Å². The molecule has 2 aliphatic rings. The molecule has 0 radical (unpaired) electrons. The maximum absolute atomic E-state index is 4.20. The summed E-state index contributed by atoms with van der Waals surface area (Å²) in [7, 11) is 0. The average molecular weight is 164 g/mol. The largest absolute Gasteiger partial charge is 0.301 e. The highest BCUT2D eigenvalue weighted by molar-refractivity contribution is 4.93. The molecule has 3 rings (SSSR count). The van der Waals surface area contributed by atoms with Gasteiger partial charge in [0.1, 0.15) is 12.7 Å². The number of hydrogen-bond acceptors (Lipinski definition) is 3. The molecule has 64 valence electrons. The van der Waals surface area contributed by atoms with Crippen LogP contribution in [0, 0.1) is 5.92 Å². The number of piperidine rings is 1. The standard InChI is InChI=1S/C8H12N4/c1-2-11-3-7(1)8(4-11)12-6-9-5-10-12/h5-8H,1-4H2/t7-,8-/m0/s1. The van der Waals surface area contributed by atoms with Crippen LogP contribution in [0.1, 0.15) is 12.5 Å². The molecular formula is C8H12N4. The highest BCUT2D eigenvalue weighted by atomic mass is 15.4. The van der Waals surface area contributed by atoms with E-state index in [0.717, 1.165) is 5.92 Å². The molecule has 4 nitrogen and oxygen atoms in total. The van der Waals surface area contributed by atoms with Crippen LogP contribution in [0.2, 0.25) is 0 Å². The van der Waals surface area contributed by atoms with Crippen LogP contribution in [-0.2, 0) is 0 Å². The van der Waals surface area contributed by atoms with Crippen LogP contribution in [0.3, 0.4) is 0 Å². The minimum absolute atomic E-state index is 0.598. The van der Waals surface area contributed by atoms with E-state index < -0.39 is 0 Å². The van der Waals surface area contributed by atoms with Crippen molar-refractivity contribution in [3.63, 3.8) is 0 Å². The third-order valence-electron chi connectivity index (χ3n) is 3.07. The van der Waals surface area contributed by atoms with Gasteiger partial charge in [-0.25, -0.2) is 9.67 Å². The van der Waals surface area contributed by atoms with E-state index in [9.17, 15) is 0 Å². The van der Waals surface area contributed by atoms with E-state index in [-0.39, 0.29) is 0 Å². The van der Waals surface area contributed by atoms with Gasteiger partial charge in [-0.2, -0.15) is 5.10 Å². The summed E-state index contributed by atoms with van der Waals surface area (Å²) in [6.45, 7) is 3.73. The molecule has 0 aliphatic carbocycles. The second-order valence-corrected chi connectivity index (χ2v) is 3.75. The van der Waals surface area contributed by atoms with Gasteiger partial charge in [-0.15, -0.1) is 0 Å². The lowest BCUT2D eigenvalue weighted by Gasteiger charge is -2.21. The molecular weight excluding hydrogens is 152 g/mol. The molecule has 0 saturated carbocycles. The van der Waals surface area contributed by atoms with Crippen LogP contribution in [0.15, 0.2) is 12.7 Å². The molecule has 0 spiro atoms. The smallest absolute Gasteiger partial charge is 0.137 e. The molecule has 3 heterocycles. The first kappa shape index (κ1) is 6.60. The third-order valence-corrected chi connectivity index (χ3v) is 3.07. The number of hydrogen-bond donors (Lipinski definition) is 0. The molecule has 0 aromatic carbocycles. The molecule has 1 aromatic rings. The molecule has 2 fully saturated rings. The Hall–Kier alpha value is -0.900. The molecule has 2 saturated heterocycles. The summed E-state index contributed by atoms with van der Waals surface area (Å²) in [4.78, 5) is 6.49. The zero-order valence-electron chi connectivity index (χ0n) is 6.93. The van der Waals surface area contributed by atoms with Crippen molar-refractivity contribution in [3.8, 4) is 0 Å². The van der Waals surface area contributed by atoms with Crippen LogP contribution < -0.4 is 0 Å². The fourth-order valence-electron chi connectivity index (χ4n) is 2.44. The zero-order valence-corrected chi connectivity index (χ0v) is 6.93. The van der Waals surface area contributed by atoms with Gasteiger partial charge in [0.15, 0.2) is 0 Å². The van der Waals surface area contributed by atoms with Crippen LogP contribution in [0.5, 0.6) is 0 Å². The Morgan fingerprint density at radius 1 is 1.33 bits per heavy atom. The molecule has 0 N–H and O–H groups in total. The minimum Gasteiger partial charge on any atom is -0.301 e.